The first kappa shape index (κ1) is 15.9. The minimum Gasteiger partial charge on any atom is -0.484 e. The molecule has 0 atom stereocenters. The maximum absolute atomic E-state index is 12.3. The van der Waals surface area contributed by atoms with Crippen LogP contribution in [0.5, 0.6) is 5.75 Å². The molecule has 0 aliphatic carbocycles. The SMILES string of the molecule is Cc1cc(C)c(C(=O)COc2cc(Cl)ccc2Cl)cc1C. The second-order valence-electron chi connectivity index (χ2n) is 5.04. The lowest BCUT2D eigenvalue weighted by Gasteiger charge is -2.11. The van der Waals surface area contributed by atoms with Crippen molar-refractivity contribution in [1.82, 2.24) is 0 Å². The Bertz CT molecular complexity index is 693. The molecule has 0 aromatic heterocycles. The summed E-state index contributed by atoms with van der Waals surface area (Å²) in [6, 6.07) is 8.83. The lowest BCUT2D eigenvalue weighted by molar-refractivity contribution is 0.0921. The molecule has 2 nitrogen and oxygen atoms in total. The monoisotopic (exact) mass is 322 g/mol. The van der Waals surface area contributed by atoms with E-state index >= 15 is 0 Å². The first-order chi connectivity index (χ1) is 9.88. The van der Waals surface area contributed by atoms with E-state index in [1.165, 1.54) is 5.56 Å². The molecule has 4 heteroatoms. The van der Waals surface area contributed by atoms with Crippen molar-refractivity contribution >= 4 is 29.0 Å². The van der Waals surface area contributed by atoms with Crippen LogP contribution < -0.4 is 4.74 Å². The van der Waals surface area contributed by atoms with Crippen molar-refractivity contribution in [1.29, 1.82) is 0 Å². The highest BCUT2D eigenvalue weighted by Crippen LogP contribution is 2.28. The van der Waals surface area contributed by atoms with Crippen LogP contribution in [0.3, 0.4) is 0 Å². The van der Waals surface area contributed by atoms with Crippen LogP contribution in [0.15, 0.2) is 30.3 Å². The molecule has 0 amide bonds. The van der Waals surface area contributed by atoms with Crippen LogP contribution in [0.2, 0.25) is 10.0 Å². The number of carbonyl (C=O) groups excluding carboxylic acids is 1. The highest BCUT2D eigenvalue weighted by molar-refractivity contribution is 6.34. The number of aryl methyl sites for hydroxylation is 3. The highest BCUT2D eigenvalue weighted by Gasteiger charge is 2.12. The van der Waals surface area contributed by atoms with Crippen LogP contribution in [0.25, 0.3) is 0 Å². The predicted molar refractivity (Wildman–Crippen MR) is 86.9 cm³/mol. The Labute approximate surface area is 134 Å². The number of Topliss-reactive ketones (excluding diaryl/α,β-unsaturated/α-hetero) is 1. The van der Waals surface area contributed by atoms with Gasteiger partial charge in [0.2, 0.25) is 0 Å². The molecule has 0 heterocycles. The summed E-state index contributed by atoms with van der Waals surface area (Å²) in [5, 5.41) is 0.952. The number of carbonyl (C=O) groups is 1. The second-order valence-corrected chi connectivity index (χ2v) is 5.88. The topological polar surface area (TPSA) is 26.3 Å². The molecule has 2 rings (SSSR count). The standard InChI is InChI=1S/C17H16Cl2O2/c1-10-6-12(3)14(7-11(10)2)16(20)9-21-17-8-13(18)4-5-15(17)19/h4-8H,9H2,1-3H3. The minimum absolute atomic E-state index is 0.0661. The molecule has 0 fully saturated rings. The molecule has 0 aliphatic rings. The Balaban J connectivity index is 2.15. The van der Waals surface area contributed by atoms with Crippen molar-refractivity contribution in [3.8, 4) is 5.75 Å². The average molecular weight is 323 g/mol. The molecule has 0 spiro atoms. The van der Waals surface area contributed by atoms with E-state index in [9.17, 15) is 4.79 Å². The fourth-order valence-electron chi connectivity index (χ4n) is 2.07. The maximum atomic E-state index is 12.3. The molecular formula is C17H16Cl2O2. The van der Waals surface area contributed by atoms with Crippen LogP contribution in [0, 0.1) is 20.8 Å². The molecule has 0 N–H and O–H groups in total. The van der Waals surface area contributed by atoms with Gasteiger partial charge in [-0.2, -0.15) is 0 Å². The van der Waals surface area contributed by atoms with E-state index in [0.717, 1.165) is 11.1 Å². The van der Waals surface area contributed by atoms with Crippen LogP contribution in [-0.4, -0.2) is 12.4 Å². The van der Waals surface area contributed by atoms with Gasteiger partial charge < -0.3 is 4.74 Å². The van der Waals surface area contributed by atoms with E-state index in [1.807, 2.05) is 32.9 Å². The predicted octanol–water partition coefficient (Wildman–Crippen LogP) is 5.18. The van der Waals surface area contributed by atoms with E-state index in [1.54, 1.807) is 18.2 Å². The average Bonchev–Trinajstić information content (AvgIpc) is 2.43. The molecule has 110 valence electrons. The molecule has 0 radical (unpaired) electrons. The van der Waals surface area contributed by atoms with Gasteiger partial charge in [0.25, 0.3) is 0 Å². The summed E-state index contributed by atoms with van der Waals surface area (Å²) in [6.07, 6.45) is 0. The van der Waals surface area contributed by atoms with Gasteiger partial charge in [0.15, 0.2) is 12.4 Å². The fourth-order valence-corrected chi connectivity index (χ4v) is 2.40. The van der Waals surface area contributed by atoms with E-state index in [4.69, 9.17) is 27.9 Å². The van der Waals surface area contributed by atoms with Gasteiger partial charge >= 0.3 is 0 Å². The Hall–Kier alpha value is -1.51. The molecule has 2 aromatic rings. The number of rotatable bonds is 4. The van der Waals surface area contributed by atoms with Crippen molar-refractivity contribution in [3.63, 3.8) is 0 Å². The summed E-state index contributed by atoms with van der Waals surface area (Å²) >= 11 is 11.9. The van der Waals surface area contributed by atoms with Gasteiger partial charge in [-0.25, -0.2) is 0 Å². The van der Waals surface area contributed by atoms with Gasteiger partial charge in [-0.15, -0.1) is 0 Å². The van der Waals surface area contributed by atoms with Crippen molar-refractivity contribution in [2.75, 3.05) is 6.61 Å². The number of halogens is 2. The zero-order chi connectivity index (χ0) is 15.6. The third-order valence-corrected chi connectivity index (χ3v) is 3.94. The number of hydrogen-bond donors (Lipinski definition) is 0. The Kier molecular flexibility index (Phi) is 4.92. The molecule has 0 unspecified atom stereocenters. The van der Waals surface area contributed by atoms with Gasteiger partial charge in [0.05, 0.1) is 5.02 Å². The lowest BCUT2D eigenvalue weighted by Crippen LogP contribution is -2.13. The van der Waals surface area contributed by atoms with Crippen LogP contribution in [0.1, 0.15) is 27.0 Å². The third kappa shape index (κ3) is 3.78. The summed E-state index contributed by atoms with van der Waals surface area (Å²) in [5.74, 6) is 0.339. The van der Waals surface area contributed by atoms with E-state index < -0.39 is 0 Å². The summed E-state index contributed by atoms with van der Waals surface area (Å²) in [6.45, 7) is 5.87. The third-order valence-electron chi connectivity index (χ3n) is 3.39. The minimum atomic E-state index is -0.0772. The molecule has 0 saturated heterocycles. The first-order valence-corrected chi connectivity index (χ1v) is 7.33. The Morgan fingerprint density at radius 2 is 1.67 bits per heavy atom. The second kappa shape index (κ2) is 6.50. The summed E-state index contributed by atoms with van der Waals surface area (Å²) in [7, 11) is 0. The summed E-state index contributed by atoms with van der Waals surface area (Å²) in [4.78, 5) is 12.3. The molecule has 0 aliphatic heterocycles. The van der Waals surface area contributed by atoms with Crippen molar-refractivity contribution in [2.45, 2.75) is 20.8 Å². The van der Waals surface area contributed by atoms with Gasteiger partial charge in [-0.3, -0.25) is 4.79 Å². The molecule has 21 heavy (non-hydrogen) atoms. The zero-order valence-corrected chi connectivity index (χ0v) is 13.7. The molecule has 0 bridgehead atoms. The highest BCUT2D eigenvalue weighted by atomic mass is 35.5. The van der Waals surface area contributed by atoms with Gasteiger partial charge in [-0.05, 0) is 55.7 Å². The normalized spacial score (nSPS) is 10.5. The Morgan fingerprint density at radius 3 is 2.38 bits per heavy atom. The maximum Gasteiger partial charge on any atom is 0.200 e. The van der Waals surface area contributed by atoms with Crippen molar-refractivity contribution in [2.24, 2.45) is 0 Å². The smallest absolute Gasteiger partial charge is 0.200 e. The van der Waals surface area contributed by atoms with E-state index in [2.05, 4.69) is 0 Å². The first-order valence-electron chi connectivity index (χ1n) is 6.57. The van der Waals surface area contributed by atoms with Gasteiger partial charge in [0, 0.05) is 16.7 Å². The fraction of sp³-hybridized carbons (Fsp3) is 0.235. The van der Waals surface area contributed by atoms with E-state index in [0.29, 0.717) is 21.4 Å². The molecular weight excluding hydrogens is 307 g/mol. The van der Waals surface area contributed by atoms with Gasteiger partial charge in [0.1, 0.15) is 5.75 Å². The van der Waals surface area contributed by atoms with Crippen molar-refractivity contribution in [3.05, 3.63) is 62.6 Å². The van der Waals surface area contributed by atoms with Crippen LogP contribution in [-0.2, 0) is 0 Å². The summed E-state index contributed by atoms with van der Waals surface area (Å²) < 4.78 is 5.49. The van der Waals surface area contributed by atoms with E-state index in [-0.39, 0.29) is 12.4 Å². The van der Waals surface area contributed by atoms with Gasteiger partial charge in [-0.1, -0.05) is 29.3 Å². The van der Waals surface area contributed by atoms with Crippen molar-refractivity contribution < 1.29 is 9.53 Å². The van der Waals surface area contributed by atoms with Crippen LogP contribution in [0.4, 0.5) is 0 Å². The largest absolute Gasteiger partial charge is 0.484 e. The lowest BCUT2D eigenvalue weighted by atomic mass is 9.98. The number of hydrogen-bond acceptors (Lipinski definition) is 2. The van der Waals surface area contributed by atoms with Crippen LogP contribution >= 0.6 is 23.2 Å². The number of ketones is 1. The molecule has 2 aromatic carbocycles. The molecule has 0 saturated carbocycles. The number of ether oxygens (including phenoxy) is 1. The quantitative estimate of drug-likeness (QED) is 0.725. The Morgan fingerprint density at radius 1 is 1.00 bits per heavy atom. The number of benzene rings is 2. The zero-order valence-electron chi connectivity index (χ0n) is 12.2. The summed E-state index contributed by atoms with van der Waals surface area (Å²) in [5.41, 5.74) is 3.88.